The van der Waals surface area contributed by atoms with Crippen LogP contribution in [0.2, 0.25) is 0 Å². The van der Waals surface area contributed by atoms with E-state index in [4.69, 9.17) is 0 Å². The molecular weight excluding hydrogens is 388 g/mol. The number of aromatic nitrogens is 1. The van der Waals surface area contributed by atoms with Crippen molar-refractivity contribution in [2.45, 2.75) is 45.4 Å². The van der Waals surface area contributed by atoms with Gasteiger partial charge in [0.2, 0.25) is 0 Å². The lowest BCUT2D eigenvalue weighted by Gasteiger charge is -2.22. The Morgan fingerprint density at radius 1 is 1.10 bits per heavy atom. The first-order chi connectivity index (χ1) is 14.7. The number of halogens is 2. The first kappa shape index (κ1) is 21.8. The van der Waals surface area contributed by atoms with Crippen LogP contribution in [-0.2, 0) is 13.1 Å². The largest absolute Gasteiger partial charge is 0.434 e. The molecule has 30 heavy (non-hydrogen) atoms. The summed E-state index contributed by atoms with van der Waals surface area (Å²) in [6, 6.07) is 10.8. The Bertz CT molecular complexity index is 823. The van der Waals surface area contributed by atoms with Crippen LogP contribution in [0.4, 0.5) is 14.6 Å². The molecule has 6 nitrogen and oxygen atoms in total. The van der Waals surface area contributed by atoms with E-state index in [-0.39, 0.29) is 5.75 Å². The molecule has 2 heterocycles. The molecule has 1 aromatic carbocycles. The highest BCUT2D eigenvalue weighted by molar-refractivity contribution is 5.79. The van der Waals surface area contributed by atoms with Gasteiger partial charge in [-0.05, 0) is 36.6 Å². The first-order valence-electron chi connectivity index (χ1n) is 10.3. The van der Waals surface area contributed by atoms with E-state index in [2.05, 4.69) is 36.3 Å². The fourth-order valence-electron chi connectivity index (χ4n) is 3.49. The van der Waals surface area contributed by atoms with E-state index < -0.39 is 6.61 Å². The van der Waals surface area contributed by atoms with Gasteiger partial charge in [-0.1, -0.05) is 31.0 Å². The molecule has 0 radical (unpaired) electrons. The van der Waals surface area contributed by atoms with Crippen molar-refractivity contribution >= 4 is 11.8 Å². The lowest BCUT2D eigenvalue weighted by atomic mass is 10.2. The highest BCUT2D eigenvalue weighted by atomic mass is 19.3. The van der Waals surface area contributed by atoms with Crippen LogP contribution in [0.3, 0.4) is 0 Å². The number of rotatable bonds is 7. The van der Waals surface area contributed by atoms with Gasteiger partial charge in [-0.15, -0.1) is 0 Å². The predicted molar refractivity (Wildman–Crippen MR) is 115 cm³/mol. The number of guanidine groups is 1. The Morgan fingerprint density at radius 2 is 1.83 bits per heavy atom. The summed E-state index contributed by atoms with van der Waals surface area (Å²) in [4.78, 5) is 11.1. The molecule has 0 amide bonds. The third-order valence-corrected chi connectivity index (χ3v) is 5.06. The van der Waals surface area contributed by atoms with Crippen molar-refractivity contribution in [3.05, 3.63) is 53.7 Å². The van der Waals surface area contributed by atoms with Crippen LogP contribution in [0.1, 0.15) is 36.8 Å². The number of hydrogen-bond acceptors (Lipinski definition) is 4. The predicted octanol–water partition coefficient (Wildman–Crippen LogP) is 3.93. The zero-order valence-corrected chi connectivity index (χ0v) is 17.3. The van der Waals surface area contributed by atoms with E-state index in [1.165, 1.54) is 31.7 Å². The van der Waals surface area contributed by atoms with E-state index >= 15 is 0 Å². The summed E-state index contributed by atoms with van der Waals surface area (Å²) in [5.74, 6) is 1.75. The van der Waals surface area contributed by atoms with Crippen molar-refractivity contribution in [2.24, 2.45) is 4.99 Å². The molecule has 1 aliphatic heterocycles. The number of nitrogens with one attached hydrogen (secondary N) is 2. The highest BCUT2D eigenvalue weighted by Gasteiger charge is 2.12. The zero-order chi connectivity index (χ0) is 21.2. The summed E-state index contributed by atoms with van der Waals surface area (Å²) in [6.07, 6.45) is 6.82. The Balaban J connectivity index is 1.55. The molecule has 0 unspecified atom stereocenters. The van der Waals surface area contributed by atoms with Gasteiger partial charge in [0, 0.05) is 45.0 Å². The Morgan fingerprint density at radius 3 is 2.57 bits per heavy atom. The van der Waals surface area contributed by atoms with Crippen LogP contribution in [0.25, 0.3) is 0 Å². The van der Waals surface area contributed by atoms with Crippen LogP contribution in [-0.4, -0.2) is 37.7 Å². The fraction of sp³-hybridized carbons (Fsp3) is 0.455. The average molecular weight is 418 g/mol. The van der Waals surface area contributed by atoms with E-state index in [9.17, 15) is 8.78 Å². The maximum atomic E-state index is 12.6. The molecule has 0 aliphatic carbocycles. The van der Waals surface area contributed by atoms with Gasteiger partial charge in [-0.25, -0.2) is 4.98 Å². The van der Waals surface area contributed by atoms with Crippen LogP contribution >= 0.6 is 0 Å². The number of benzene rings is 1. The SMILES string of the molecule is CN=C(NCc1ccnc(N2CCCCCC2)c1)NCc1ccccc1OC(F)F. The fourth-order valence-corrected chi connectivity index (χ4v) is 3.49. The summed E-state index contributed by atoms with van der Waals surface area (Å²) < 4.78 is 29.7. The molecule has 1 aliphatic rings. The zero-order valence-electron chi connectivity index (χ0n) is 17.3. The Labute approximate surface area is 176 Å². The number of hydrogen-bond donors (Lipinski definition) is 2. The molecule has 8 heteroatoms. The van der Waals surface area contributed by atoms with Gasteiger partial charge < -0.3 is 20.3 Å². The molecule has 0 bridgehead atoms. The molecule has 2 N–H and O–H groups in total. The minimum atomic E-state index is -2.85. The van der Waals surface area contributed by atoms with E-state index in [1.807, 2.05) is 12.3 Å². The van der Waals surface area contributed by atoms with Gasteiger partial charge in [-0.3, -0.25) is 4.99 Å². The molecule has 162 valence electrons. The van der Waals surface area contributed by atoms with E-state index in [0.717, 1.165) is 24.5 Å². The number of pyridine rings is 1. The number of para-hydroxylation sites is 1. The van der Waals surface area contributed by atoms with Crippen LogP contribution in [0.15, 0.2) is 47.6 Å². The summed E-state index contributed by atoms with van der Waals surface area (Å²) >= 11 is 0. The van der Waals surface area contributed by atoms with Gasteiger partial charge in [0.1, 0.15) is 11.6 Å². The number of nitrogens with zero attached hydrogens (tertiary/aromatic N) is 3. The number of anilines is 1. The normalized spacial score (nSPS) is 15.1. The molecule has 0 atom stereocenters. The molecular formula is C22H29F2N5O. The van der Waals surface area contributed by atoms with Gasteiger partial charge in [0.15, 0.2) is 5.96 Å². The Kier molecular flexibility index (Phi) is 8.23. The molecule has 3 rings (SSSR count). The minimum absolute atomic E-state index is 0.159. The second kappa shape index (κ2) is 11.3. The number of alkyl halides is 2. The molecule has 0 spiro atoms. The smallest absolute Gasteiger partial charge is 0.387 e. The number of aliphatic imine (C=N–C) groups is 1. The lowest BCUT2D eigenvalue weighted by molar-refractivity contribution is -0.0504. The van der Waals surface area contributed by atoms with Crippen LogP contribution in [0, 0.1) is 0 Å². The van der Waals surface area contributed by atoms with Crippen LogP contribution < -0.4 is 20.3 Å². The highest BCUT2D eigenvalue weighted by Crippen LogP contribution is 2.20. The van der Waals surface area contributed by atoms with Gasteiger partial charge in [0.05, 0.1) is 0 Å². The monoisotopic (exact) mass is 417 g/mol. The maximum Gasteiger partial charge on any atom is 0.387 e. The van der Waals surface area contributed by atoms with Gasteiger partial charge in [-0.2, -0.15) is 8.78 Å². The summed E-state index contributed by atoms with van der Waals surface area (Å²) in [5, 5.41) is 6.41. The first-order valence-corrected chi connectivity index (χ1v) is 10.3. The van der Waals surface area contributed by atoms with Crippen molar-refractivity contribution < 1.29 is 13.5 Å². The molecule has 0 saturated carbocycles. The van der Waals surface area contributed by atoms with Crippen LogP contribution in [0.5, 0.6) is 5.75 Å². The third-order valence-electron chi connectivity index (χ3n) is 5.06. The van der Waals surface area contributed by atoms with E-state index in [1.54, 1.807) is 25.2 Å². The topological polar surface area (TPSA) is 61.8 Å². The number of ether oxygens (including phenoxy) is 1. The van der Waals surface area contributed by atoms with Crippen molar-refractivity contribution in [3.63, 3.8) is 0 Å². The van der Waals surface area contributed by atoms with Crippen molar-refractivity contribution in [3.8, 4) is 5.75 Å². The maximum absolute atomic E-state index is 12.6. The van der Waals surface area contributed by atoms with E-state index in [0.29, 0.717) is 24.6 Å². The van der Waals surface area contributed by atoms with Gasteiger partial charge in [0.25, 0.3) is 0 Å². The summed E-state index contributed by atoms with van der Waals surface area (Å²) in [5.41, 5.74) is 1.74. The summed E-state index contributed by atoms with van der Waals surface area (Å²) in [6.45, 7) is 0.144. The molecule has 1 aromatic heterocycles. The molecule has 2 aromatic rings. The van der Waals surface area contributed by atoms with Crippen molar-refractivity contribution in [1.29, 1.82) is 0 Å². The van der Waals surface area contributed by atoms with Crippen molar-refractivity contribution in [1.82, 2.24) is 15.6 Å². The minimum Gasteiger partial charge on any atom is -0.434 e. The third kappa shape index (κ3) is 6.57. The lowest BCUT2D eigenvalue weighted by Crippen LogP contribution is -2.36. The molecule has 1 saturated heterocycles. The second-order valence-corrected chi connectivity index (χ2v) is 7.19. The standard InChI is InChI=1S/C22H29F2N5O/c1-25-22(28-16-18-8-4-5-9-19(18)30-21(23)24)27-15-17-10-11-26-20(14-17)29-12-6-2-3-7-13-29/h4-5,8-11,14,21H,2-3,6-7,12-13,15-16H2,1H3,(H2,25,27,28). The van der Waals surface area contributed by atoms with Crippen molar-refractivity contribution in [2.75, 3.05) is 25.0 Å². The molecule has 1 fully saturated rings. The quantitative estimate of drug-likeness (QED) is 0.528. The van der Waals surface area contributed by atoms with Gasteiger partial charge >= 0.3 is 6.61 Å². The second-order valence-electron chi connectivity index (χ2n) is 7.19. The summed E-state index contributed by atoms with van der Waals surface area (Å²) in [7, 11) is 1.67. The average Bonchev–Trinajstić information content (AvgIpc) is 3.04. The Hall–Kier alpha value is -2.90.